The van der Waals surface area contributed by atoms with Crippen molar-refractivity contribution in [3.63, 3.8) is 0 Å². The van der Waals surface area contributed by atoms with E-state index in [1.54, 1.807) is 30.3 Å². The molecule has 30 heavy (non-hydrogen) atoms. The number of nitrogens with one attached hydrogen (secondary N) is 2. The molecule has 0 atom stereocenters. The van der Waals surface area contributed by atoms with Gasteiger partial charge in [0.15, 0.2) is 0 Å². The minimum Gasteiger partial charge on any atom is -0.478 e. The Labute approximate surface area is 182 Å². The van der Waals surface area contributed by atoms with Crippen molar-refractivity contribution in [3.8, 4) is 11.1 Å². The highest BCUT2D eigenvalue weighted by Gasteiger charge is 2.17. The predicted molar refractivity (Wildman–Crippen MR) is 118 cm³/mol. The van der Waals surface area contributed by atoms with E-state index in [1.165, 1.54) is 37.3 Å². The summed E-state index contributed by atoms with van der Waals surface area (Å²) in [7, 11) is 0. The van der Waals surface area contributed by atoms with Gasteiger partial charge in [-0.3, -0.25) is 9.59 Å². The van der Waals surface area contributed by atoms with Gasteiger partial charge < -0.3 is 15.7 Å². The van der Waals surface area contributed by atoms with Gasteiger partial charge in [-0.1, -0.05) is 41.4 Å². The molecule has 0 aromatic heterocycles. The number of carboxylic acids is 1. The summed E-state index contributed by atoms with van der Waals surface area (Å²) in [6, 6.07) is 16.0. The normalized spacial score (nSPS) is 10.4. The zero-order valence-electron chi connectivity index (χ0n) is 15.7. The van der Waals surface area contributed by atoms with Crippen LogP contribution in [0.3, 0.4) is 0 Å². The van der Waals surface area contributed by atoms with Crippen LogP contribution in [0.4, 0.5) is 11.4 Å². The van der Waals surface area contributed by atoms with E-state index in [2.05, 4.69) is 10.6 Å². The summed E-state index contributed by atoms with van der Waals surface area (Å²) in [4.78, 5) is 35.6. The zero-order valence-corrected chi connectivity index (χ0v) is 17.2. The predicted octanol–water partition coefficient (Wildman–Crippen LogP) is 5.57. The molecule has 0 radical (unpaired) electrons. The molecule has 0 aliphatic carbocycles. The second kappa shape index (κ2) is 8.98. The number of rotatable bonds is 5. The van der Waals surface area contributed by atoms with Crippen LogP contribution in [0, 0.1) is 0 Å². The van der Waals surface area contributed by atoms with Crippen molar-refractivity contribution < 1.29 is 19.5 Å². The van der Waals surface area contributed by atoms with Crippen LogP contribution in [0.5, 0.6) is 0 Å². The maximum atomic E-state index is 12.6. The summed E-state index contributed by atoms with van der Waals surface area (Å²) >= 11 is 11.9. The molecule has 0 saturated carbocycles. The van der Waals surface area contributed by atoms with Crippen LogP contribution < -0.4 is 10.6 Å². The zero-order chi connectivity index (χ0) is 21.8. The number of hydrogen-bond donors (Lipinski definition) is 3. The minimum absolute atomic E-state index is 0.0872. The van der Waals surface area contributed by atoms with E-state index in [0.29, 0.717) is 21.8 Å². The molecule has 0 unspecified atom stereocenters. The molecule has 8 heteroatoms. The maximum Gasteiger partial charge on any atom is 0.337 e. The first-order valence-electron chi connectivity index (χ1n) is 8.76. The van der Waals surface area contributed by atoms with Crippen LogP contribution >= 0.6 is 23.2 Å². The number of hydrogen-bond acceptors (Lipinski definition) is 3. The maximum absolute atomic E-state index is 12.6. The highest BCUT2D eigenvalue weighted by atomic mass is 35.5. The van der Waals surface area contributed by atoms with Gasteiger partial charge in [-0.2, -0.15) is 0 Å². The van der Waals surface area contributed by atoms with Gasteiger partial charge in [0.2, 0.25) is 5.91 Å². The van der Waals surface area contributed by atoms with Crippen LogP contribution in [-0.4, -0.2) is 22.9 Å². The Balaban J connectivity index is 1.93. The quantitative estimate of drug-likeness (QED) is 0.481. The molecule has 3 N–H and O–H groups in total. The summed E-state index contributed by atoms with van der Waals surface area (Å²) in [6.45, 7) is 1.40. The van der Waals surface area contributed by atoms with Crippen molar-refractivity contribution in [1.29, 1.82) is 0 Å². The Kier molecular flexibility index (Phi) is 6.40. The third kappa shape index (κ3) is 4.97. The van der Waals surface area contributed by atoms with Crippen LogP contribution in [0.25, 0.3) is 11.1 Å². The fraction of sp³-hybridized carbons (Fsp3) is 0.0455. The largest absolute Gasteiger partial charge is 0.478 e. The first-order chi connectivity index (χ1) is 14.2. The Morgan fingerprint density at radius 2 is 1.57 bits per heavy atom. The van der Waals surface area contributed by atoms with Crippen molar-refractivity contribution in [2.45, 2.75) is 6.92 Å². The fourth-order valence-corrected chi connectivity index (χ4v) is 3.35. The van der Waals surface area contributed by atoms with E-state index < -0.39 is 11.9 Å². The van der Waals surface area contributed by atoms with E-state index >= 15 is 0 Å². The summed E-state index contributed by atoms with van der Waals surface area (Å²) in [5.74, 6) is -1.97. The molecule has 0 fully saturated rings. The molecule has 0 heterocycles. The van der Waals surface area contributed by atoms with E-state index in [0.717, 1.165) is 0 Å². The summed E-state index contributed by atoms with van der Waals surface area (Å²) in [6.07, 6.45) is 0. The third-order valence-corrected chi connectivity index (χ3v) is 4.74. The number of halogens is 2. The lowest BCUT2D eigenvalue weighted by Gasteiger charge is -2.12. The molecule has 0 spiro atoms. The highest BCUT2D eigenvalue weighted by molar-refractivity contribution is 6.37. The lowest BCUT2D eigenvalue weighted by molar-refractivity contribution is -0.114. The third-order valence-electron chi connectivity index (χ3n) is 4.19. The molecule has 0 bridgehead atoms. The van der Waals surface area contributed by atoms with Crippen LogP contribution in [0.2, 0.25) is 10.0 Å². The van der Waals surface area contributed by atoms with Gasteiger partial charge >= 0.3 is 5.97 Å². The first-order valence-corrected chi connectivity index (χ1v) is 9.52. The SMILES string of the molecule is CC(=O)Nc1cccc(-c2ccc(NC(=O)c3ccc(Cl)cc3Cl)c(C(=O)O)c2)c1. The summed E-state index contributed by atoms with van der Waals surface area (Å²) < 4.78 is 0. The van der Waals surface area contributed by atoms with Gasteiger partial charge in [-0.15, -0.1) is 0 Å². The topological polar surface area (TPSA) is 95.5 Å². The number of carbonyl (C=O) groups excluding carboxylic acids is 2. The average Bonchev–Trinajstić information content (AvgIpc) is 2.67. The highest BCUT2D eigenvalue weighted by Crippen LogP contribution is 2.28. The lowest BCUT2D eigenvalue weighted by atomic mass is 10.0. The minimum atomic E-state index is -1.20. The second-order valence-corrected chi connectivity index (χ2v) is 7.25. The average molecular weight is 443 g/mol. The molecular formula is C22H16Cl2N2O4. The van der Waals surface area contributed by atoms with E-state index in [9.17, 15) is 19.5 Å². The Morgan fingerprint density at radius 3 is 2.23 bits per heavy atom. The monoisotopic (exact) mass is 442 g/mol. The number of benzene rings is 3. The van der Waals surface area contributed by atoms with Gasteiger partial charge in [-0.05, 0) is 53.6 Å². The van der Waals surface area contributed by atoms with Crippen molar-refractivity contribution in [2.24, 2.45) is 0 Å². The number of amides is 2. The number of aromatic carboxylic acids is 1. The van der Waals surface area contributed by atoms with Gasteiger partial charge in [-0.25, -0.2) is 4.79 Å². The number of carboxylic acid groups (broad SMARTS) is 1. The van der Waals surface area contributed by atoms with Gasteiger partial charge in [0.1, 0.15) is 0 Å². The summed E-state index contributed by atoms with van der Waals surface area (Å²) in [5.41, 5.74) is 2.12. The van der Waals surface area contributed by atoms with Crippen molar-refractivity contribution in [2.75, 3.05) is 10.6 Å². The Hall–Kier alpha value is -3.35. The second-order valence-electron chi connectivity index (χ2n) is 6.41. The van der Waals surface area contributed by atoms with E-state index in [4.69, 9.17) is 23.2 Å². The molecule has 6 nitrogen and oxygen atoms in total. The molecular weight excluding hydrogens is 427 g/mol. The molecule has 0 aliphatic rings. The van der Waals surface area contributed by atoms with Gasteiger partial charge in [0.25, 0.3) is 5.91 Å². The summed E-state index contributed by atoms with van der Waals surface area (Å²) in [5, 5.41) is 15.4. The molecule has 3 aromatic carbocycles. The van der Waals surface area contributed by atoms with E-state index in [-0.39, 0.29) is 27.7 Å². The molecule has 3 aromatic rings. The molecule has 0 saturated heterocycles. The fourth-order valence-electron chi connectivity index (χ4n) is 2.85. The lowest BCUT2D eigenvalue weighted by Crippen LogP contribution is -2.15. The van der Waals surface area contributed by atoms with Crippen LogP contribution in [0.15, 0.2) is 60.7 Å². The van der Waals surface area contributed by atoms with Crippen molar-refractivity contribution >= 4 is 52.4 Å². The van der Waals surface area contributed by atoms with Crippen LogP contribution in [0.1, 0.15) is 27.6 Å². The van der Waals surface area contributed by atoms with E-state index in [1.807, 2.05) is 0 Å². The smallest absolute Gasteiger partial charge is 0.337 e. The van der Waals surface area contributed by atoms with Crippen molar-refractivity contribution in [3.05, 3.63) is 81.8 Å². The molecule has 3 rings (SSSR count). The Bertz CT molecular complexity index is 1160. The standard InChI is InChI=1S/C22H16Cl2N2O4/c1-12(27)25-16-4-2-3-13(9-16)14-5-8-20(18(10-14)22(29)30)26-21(28)17-7-6-15(23)11-19(17)24/h2-11H,1H3,(H,25,27)(H,26,28)(H,29,30). The Morgan fingerprint density at radius 1 is 0.833 bits per heavy atom. The van der Waals surface area contributed by atoms with Gasteiger partial charge in [0.05, 0.1) is 21.8 Å². The first kappa shape index (κ1) is 21.4. The van der Waals surface area contributed by atoms with Crippen molar-refractivity contribution in [1.82, 2.24) is 0 Å². The molecule has 152 valence electrons. The van der Waals surface area contributed by atoms with Gasteiger partial charge in [0, 0.05) is 17.6 Å². The van der Waals surface area contributed by atoms with Crippen LogP contribution in [-0.2, 0) is 4.79 Å². The number of carbonyl (C=O) groups is 3. The molecule has 2 amide bonds. The molecule has 0 aliphatic heterocycles. The number of anilines is 2.